The molecule has 1 fully saturated rings. The van der Waals surface area contributed by atoms with Crippen LogP contribution >= 0.6 is 0 Å². The van der Waals surface area contributed by atoms with Crippen molar-refractivity contribution in [1.29, 1.82) is 0 Å². The molecule has 0 spiro atoms. The number of carboxylic acids is 1. The number of hydrogen-bond acceptors (Lipinski definition) is 1. The van der Waals surface area contributed by atoms with Gasteiger partial charge >= 0.3 is 5.97 Å². The molecule has 0 aromatic heterocycles. The lowest BCUT2D eigenvalue weighted by molar-refractivity contribution is -0.148. The average molecular weight is 218 g/mol. The highest BCUT2D eigenvalue weighted by molar-refractivity contribution is 5.82. The molecule has 2 rings (SSSR count). The monoisotopic (exact) mass is 218 g/mol. The summed E-state index contributed by atoms with van der Waals surface area (Å²) in [5, 5.41) is 9.61. The highest BCUT2D eigenvalue weighted by atomic mass is 16.4. The van der Waals surface area contributed by atoms with Crippen LogP contribution in [0.4, 0.5) is 0 Å². The lowest BCUT2D eigenvalue weighted by Gasteiger charge is -2.42. The van der Waals surface area contributed by atoms with E-state index in [0.717, 1.165) is 18.4 Å². The third kappa shape index (κ3) is 1.53. The molecule has 2 nitrogen and oxygen atoms in total. The molecular weight excluding hydrogens is 200 g/mol. The van der Waals surface area contributed by atoms with Gasteiger partial charge in [0.1, 0.15) is 0 Å². The normalized spacial score (nSPS) is 19.8. The lowest BCUT2D eigenvalue weighted by Crippen LogP contribution is -2.45. The zero-order chi connectivity index (χ0) is 11.6. The molecular formula is C14H18O2. The van der Waals surface area contributed by atoms with Crippen molar-refractivity contribution in [3.8, 4) is 0 Å². The van der Waals surface area contributed by atoms with Gasteiger partial charge < -0.3 is 5.11 Å². The van der Waals surface area contributed by atoms with Gasteiger partial charge in [-0.15, -0.1) is 0 Å². The second-order valence-corrected chi connectivity index (χ2v) is 4.62. The molecule has 1 aliphatic carbocycles. The molecule has 2 heteroatoms. The van der Waals surface area contributed by atoms with Crippen molar-refractivity contribution >= 4 is 5.97 Å². The second-order valence-electron chi connectivity index (χ2n) is 4.62. The van der Waals surface area contributed by atoms with Gasteiger partial charge in [-0.05, 0) is 30.7 Å². The maximum absolute atomic E-state index is 11.7. The van der Waals surface area contributed by atoms with Crippen molar-refractivity contribution in [1.82, 2.24) is 0 Å². The van der Waals surface area contributed by atoms with Crippen LogP contribution in [0, 0.1) is 5.92 Å². The minimum Gasteiger partial charge on any atom is -0.481 e. The molecule has 1 aromatic carbocycles. The highest BCUT2D eigenvalue weighted by Gasteiger charge is 2.47. The van der Waals surface area contributed by atoms with Crippen LogP contribution in [0.15, 0.2) is 30.3 Å². The summed E-state index contributed by atoms with van der Waals surface area (Å²) in [4.78, 5) is 11.7. The quantitative estimate of drug-likeness (QED) is 0.842. The van der Waals surface area contributed by atoms with Gasteiger partial charge in [0.05, 0.1) is 5.41 Å². The number of carboxylic acid groups (broad SMARTS) is 1. The van der Waals surface area contributed by atoms with Crippen LogP contribution in [-0.4, -0.2) is 11.1 Å². The first-order valence-electron chi connectivity index (χ1n) is 6.00. The summed E-state index contributed by atoms with van der Waals surface area (Å²) in [6.07, 6.45) is 3.95. The fraction of sp³-hybridized carbons (Fsp3) is 0.500. The number of benzene rings is 1. The molecule has 1 atom stereocenters. The first-order valence-corrected chi connectivity index (χ1v) is 6.00. The predicted molar refractivity (Wildman–Crippen MR) is 63.4 cm³/mol. The van der Waals surface area contributed by atoms with E-state index in [0.29, 0.717) is 12.3 Å². The first-order chi connectivity index (χ1) is 7.71. The number of carbonyl (C=O) groups is 1. The fourth-order valence-corrected chi connectivity index (χ4v) is 2.81. The Morgan fingerprint density at radius 1 is 1.38 bits per heavy atom. The topological polar surface area (TPSA) is 37.3 Å². The van der Waals surface area contributed by atoms with E-state index in [-0.39, 0.29) is 0 Å². The second kappa shape index (κ2) is 4.28. The van der Waals surface area contributed by atoms with Gasteiger partial charge in [-0.25, -0.2) is 0 Å². The van der Waals surface area contributed by atoms with Crippen LogP contribution in [-0.2, 0) is 10.2 Å². The van der Waals surface area contributed by atoms with Gasteiger partial charge in [-0.3, -0.25) is 4.79 Å². The van der Waals surface area contributed by atoms with Crippen molar-refractivity contribution < 1.29 is 9.90 Å². The Morgan fingerprint density at radius 3 is 2.38 bits per heavy atom. The summed E-state index contributed by atoms with van der Waals surface area (Å²) < 4.78 is 0. The van der Waals surface area contributed by atoms with Crippen LogP contribution in [0.1, 0.15) is 38.2 Å². The zero-order valence-electron chi connectivity index (χ0n) is 9.65. The van der Waals surface area contributed by atoms with Crippen molar-refractivity contribution in [2.24, 2.45) is 5.92 Å². The molecule has 0 aliphatic heterocycles. The average Bonchev–Trinajstić information content (AvgIpc) is 2.24. The van der Waals surface area contributed by atoms with Crippen LogP contribution in [0.3, 0.4) is 0 Å². The van der Waals surface area contributed by atoms with Gasteiger partial charge in [0.15, 0.2) is 0 Å². The Labute approximate surface area is 96.3 Å². The summed E-state index contributed by atoms with van der Waals surface area (Å²) >= 11 is 0. The van der Waals surface area contributed by atoms with Crippen LogP contribution in [0.25, 0.3) is 0 Å². The Balaban J connectivity index is 2.44. The van der Waals surface area contributed by atoms with Gasteiger partial charge in [-0.1, -0.05) is 43.7 Å². The summed E-state index contributed by atoms with van der Waals surface area (Å²) in [5.74, 6) is -0.344. The van der Waals surface area contributed by atoms with Crippen molar-refractivity contribution in [3.05, 3.63) is 35.9 Å². The fourth-order valence-electron chi connectivity index (χ4n) is 2.81. The van der Waals surface area contributed by atoms with Crippen LogP contribution in [0.5, 0.6) is 0 Å². The standard InChI is InChI=1S/C14H18O2/c1-2-14(13(15)16,12-9-6-10-12)11-7-4-3-5-8-11/h3-5,7-8,12H,2,6,9-10H2,1H3,(H,15,16). The Hall–Kier alpha value is -1.31. The number of hydrogen-bond donors (Lipinski definition) is 1. The smallest absolute Gasteiger partial charge is 0.314 e. The van der Waals surface area contributed by atoms with Crippen LogP contribution in [0.2, 0.25) is 0 Å². The molecule has 1 aliphatic rings. The van der Waals surface area contributed by atoms with Crippen LogP contribution < -0.4 is 0 Å². The molecule has 0 bridgehead atoms. The van der Waals surface area contributed by atoms with E-state index in [2.05, 4.69) is 0 Å². The van der Waals surface area contributed by atoms with Gasteiger partial charge in [0, 0.05) is 0 Å². The third-order valence-electron chi connectivity index (χ3n) is 4.03. The molecule has 0 amide bonds. The maximum Gasteiger partial charge on any atom is 0.314 e. The largest absolute Gasteiger partial charge is 0.481 e. The molecule has 1 N–H and O–H groups in total. The van der Waals surface area contributed by atoms with E-state index in [1.807, 2.05) is 37.3 Å². The Morgan fingerprint density at radius 2 is 2.00 bits per heavy atom. The maximum atomic E-state index is 11.7. The van der Waals surface area contributed by atoms with E-state index < -0.39 is 11.4 Å². The van der Waals surface area contributed by atoms with Gasteiger partial charge in [0.2, 0.25) is 0 Å². The molecule has 1 unspecified atom stereocenters. The summed E-state index contributed by atoms with van der Waals surface area (Å²) in [7, 11) is 0. The van der Waals surface area contributed by atoms with E-state index in [1.54, 1.807) is 0 Å². The molecule has 16 heavy (non-hydrogen) atoms. The van der Waals surface area contributed by atoms with Crippen molar-refractivity contribution in [2.45, 2.75) is 38.0 Å². The minimum atomic E-state index is -0.661. The molecule has 0 heterocycles. The van der Waals surface area contributed by atoms with Gasteiger partial charge in [0.25, 0.3) is 0 Å². The number of aliphatic carboxylic acids is 1. The summed E-state index contributed by atoms with van der Waals surface area (Å²) in [6.45, 7) is 1.99. The summed E-state index contributed by atoms with van der Waals surface area (Å²) in [5.41, 5.74) is 0.314. The Kier molecular flexibility index (Phi) is 2.99. The van der Waals surface area contributed by atoms with E-state index >= 15 is 0 Å². The van der Waals surface area contributed by atoms with Crippen molar-refractivity contribution in [3.63, 3.8) is 0 Å². The molecule has 1 aromatic rings. The Bertz CT molecular complexity index is 368. The van der Waals surface area contributed by atoms with E-state index in [9.17, 15) is 9.90 Å². The first kappa shape index (κ1) is 11.2. The molecule has 0 radical (unpaired) electrons. The highest BCUT2D eigenvalue weighted by Crippen LogP contribution is 2.46. The third-order valence-corrected chi connectivity index (χ3v) is 4.03. The SMILES string of the molecule is CCC(C(=O)O)(c1ccccc1)C1CCC1. The predicted octanol–water partition coefficient (Wildman–Crippen LogP) is 3.22. The molecule has 0 saturated heterocycles. The van der Waals surface area contributed by atoms with Gasteiger partial charge in [-0.2, -0.15) is 0 Å². The van der Waals surface area contributed by atoms with E-state index in [4.69, 9.17) is 0 Å². The van der Waals surface area contributed by atoms with Crippen molar-refractivity contribution in [2.75, 3.05) is 0 Å². The minimum absolute atomic E-state index is 0.317. The zero-order valence-corrected chi connectivity index (χ0v) is 9.65. The lowest BCUT2D eigenvalue weighted by atomic mass is 9.60. The molecule has 1 saturated carbocycles. The van der Waals surface area contributed by atoms with E-state index in [1.165, 1.54) is 6.42 Å². The summed E-state index contributed by atoms with van der Waals surface area (Å²) in [6, 6.07) is 9.71. The number of rotatable bonds is 4. The molecule has 86 valence electrons.